The van der Waals surface area contributed by atoms with Crippen LogP contribution >= 0.6 is 0 Å². The molecule has 122 valence electrons. The van der Waals surface area contributed by atoms with Gasteiger partial charge >= 0.3 is 0 Å². The number of anilines is 1. The van der Waals surface area contributed by atoms with Gasteiger partial charge in [0.1, 0.15) is 0 Å². The number of hydrogen-bond acceptors (Lipinski definition) is 3. The lowest BCUT2D eigenvalue weighted by molar-refractivity contribution is -0.0660. The van der Waals surface area contributed by atoms with Crippen LogP contribution in [0, 0.1) is 0 Å². The summed E-state index contributed by atoms with van der Waals surface area (Å²) in [6.45, 7) is 9.13. The fraction of sp³-hybridized carbons (Fsp3) is 0.647. The highest BCUT2D eigenvalue weighted by molar-refractivity contribution is 5.56. The van der Waals surface area contributed by atoms with E-state index in [9.17, 15) is 8.78 Å². The van der Waals surface area contributed by atoms with E-state index in [0.29, 0.717) is 11.7 Å². The average Bonchev–Trinajstić information content (AvgIpc) is 2.45. The van der Waals surface area contributed by atoms with Crippen LogP contribution in [0.5, 0.6) is 0 Å². The van der Waals surface area contributed by atoms with E-state index in [1.165, 1.54) is 0 Å². The van der Waals surface area contributed by atoms with Crippen molar-refractivity contribution in [2.45, 2.75) is 32.2 Å². The zero-order valence-corrected chi connectivity index (χ0v) is 13.3. The Kier molecular flexibility index (Phi) is 4.64. The molecule has 0 bridgehead atoms. The van der Waals surface area contributed by atoms with Crippen molar-refractivity contribution in [3.63, 3.8) is 0 Å². The molecule has 0 aromatic heterocycles. The van der Waals surface area contributed by atoms with Gasteiger partial charge in [0, 0.05) is 37.4 Å². The quantitative estimate of drug-likeness (QED) is 0.849. The summed E-state index contributed by atoms with van der Waals surface area (Å²) in [5.41, 5.74) is 1.85. The van der Waals surface area contributed by atoms with Crippen LogP contribution in [-0.4, -0.2) is 50.3 Å². The van der Waals surface area contributed by atoms with Crippen LogP contribution in [0.3, 0.4) is 0 Å². The molecule has 0 spiro atoms. The summed E-state index contributed by atoms with van der Waals surface area (Å²) >= 11 is 0. The normalized spacial score (nSPS) is 20.7. The van der Waals surface area contributed by atoms with E-state index in [1.54, 1.807) is 6.07 Å². The van der Waals surface area contributed by atoms with Gasteiger partial charge in [-0.25, -0.2) is 8.78 Å². The maximum absolute atomic E-state index is 13.4. The highest BCUT2D eigenvalue weighted by atomic mass is 19.3. The summed E-state index contributed by atoms with van der Waals surface area (Å²) in [5.74, 6) is 0.266. The number of piperazine rings is 1. The Morgan fingerprint density at radius 3 is 2.27 bits per heavy atom. The molecular weight excluding hydrogens is 286 g/mol. The van der Waals surface area contributed by atoms with Crippen molar-refractivity contribution < 1.29 is 13.5 Å². The number of alkyl halides is 2. The van der Waals surface area contributed by atoms with Gasteiger partial charge in [0.2, 0.25) is 0 Å². The van der Waals surface area contributed by atoms with Crippen LogP contribution in [-0.2, 0) is 4.74 Å². The molecule has 2 aliphatic heterocycles. The third-order valence-corrected chi connectivity index (χ3v) is 4.75. The Hall–Kier alpha value is -1.20. The standard InChI is InChI=1S/C17H24F2N2O/c1-12(2)13-3-4-16(15(9-13)17(18)19)21-7-5-20(6-8-21)14-10-22-11-14/h3-4,9,12,14,17H,5-8,10-11H2,1-2H3. The molecule has 0 radical (unpaired) electrons. The molecule has 0 amide bonds. The van der Waals surface area contributed by atoms with Crippen molar-refractivity contribution >= 4 is 5.69 Å². The first-order valence-corrected chi connectivity index (χ1v) is 8.05. The van der Waals surface area contributed by atoms with Crippen molar-refractivity contribution in [3.8, 4) is 0 Å². The van der Waals surface area contributed by atoms with E-state index in [0.717, 1.165) is 45.0 Å². The number of nitrogens with zero attached hydrogens (tertiary/aromatic N) is 2. The summed E-state index contributed by atoms with van der Waals surface area (Å²) in [4.78, 5) is 4.51. The predicted molar refractivity (Wildman–Crippen MR) is 83.9 cm³/mol. The molecule has 1 aromatic carbocycles. The van der Waals surface area contributed by atoms with Crippen LogP contribution in [0.15, 0.2) is 18.2 Å². The molecule has 2 saturated heterocycles. The van der Waals surface area contributed by atoms with E-state index >= 15 is 0 Å². The summed E-state index contributed by atoms with van der Waals surface area (Å²) in [6.07, 6.45) is -2.42. The van der Waals surface area contributed by atoms with Gasteiger partial charge in [0.25, 0.3) is 6.43 Å². The van der Waals surface area contributed by atoms with Gasteiger partial charge in [-0.3, -0.25) is 4.90 Å². The van der Waals surface area contributed by atoms with Gasteiger partial charge in [-0.1, -0.05) is 19.9 Å². The highest BCUT2D eigenvalue weighted by Gasteiger charge is 2.30. The summed E-state index contributed by atoms with van der Waals surface area (Å²) < 4.78 is 32.1. The Labute approximate surface area is 130 Å². The predicted octanol–water partition coefficient (Wildman–Crippen LogP) is 3.27. The van der Waals surface area contributed by atoms with Gasteiger partial charge in [-0.05, 0) is 23.6 Å². The molecule has 22 heavy (non-hydrogen) atoms. The Morgan fingerprint density at radius 2 is 1.77 bits per heavy atom. The van der Waals surface area contributed by atoms with Gasteiger partial charge in [-0.15, -0.1) is 0 Å². The van der Waals surface area contributed by atoms with Crippen LogP contribution in [0.1, 0.15) is 37.3 Å². The Bertz CT molecular complexity index is 509. The molecule has 0 unspecified atom stereocenters. The molecule has 2 aliphatic rings. The fourth-order valence-corrected chi connectivity index (χ4v) is 3.16. The Balaban J connectivity index is 1.74. The zero-order chi connectivity index (χ0) is 15.7. The lowest BCUT2D eigenvalue weighted by Crippen LogP contribution is -2.56. The molecular formula is C17H24F2N2O. The maximum atomic E-state index is 13.4. The van der Waals surface area contributed by atoms with Gasteiger partial charge in [-0.2, -0.15) is 0 Å². The van der Waals surface area contributed by atoms with Crippen molar-refractivity contribution in [2.75, 3.05) is 44.3 Å². The summed E-state index contributed by atoms with van der Waals surface area (Å²) in [7, 11) is 0. The van der Waals surface area contributed by atoms with E-state index in [-0.39, 0.29) is 11.5 Å². The maximum Gasteiger partial charge on any atom is 0.265 e. The smallest absolute Gasteiger partial charge is 0.265 e. The number of ether oxygens (including phenoxy) is 1. The topological polar surface area (TPSA) is 15.7 Å². The number of benzene rings is 1. The molecule has 0 atom stereocenters. The second kappa shape index (κ2) is 6.50. The second-order valence-corrected chi connectivity index (χ2v) is 6.49. The zero-order valence-electron chi connectivity index (χ0n) is 13.3. The lowest BCUT2D eigenvalue weighted by Gasteiger charge is -2.43. The Morgan fingerprint density at radius 1 is 1.09 bits per heavy atom. The summed E-state index contributed by atoms with van der Waals surface area (Å²) in [6, 6.07) is 6.06. The third kappa shape index (κ3) is 3.10. The molecule has 3 nitrogen and oxygen atoms in total. The molecule has 0 N–H and O–H groups in total. The van der Waals surface area contributed by atoms with Gasteiger partial charge in [0.05, 0.1) is 19.3 Å². The molecule has 2 fully saturated rings. The molecule has 1 aromatic rings. The average molecular weight is 310 g/mol. The highest BCUT2D eigenvalue weighted by Crippen LogP contribution is 2.33. The molecule has 5 heteroatoms. The summed E-state index contributed by atoms with van der Waals surface area (Å²) in [5, 5.41) is 0. The first-order chi connectivity index (χ1) is 10.6. The molecule has 3 rings (SSSR count). The first kappa shape index (κ1) is 15.7. The minimum atomic E-state index is -2.42. The molecule has 0 saturated carbocycles. The van der Waals surface area contributed by atoms with Gasteiger partial charge < -0.3 is 9.64 Å². The van der Waals surface area contributed by atoms with Crippen molar-refractivity contribution in [3.05, 3.63) is 29.3 Å². The second-order valence-electron chi connectivity index (χ2n) is 6.49. The van der Waals surface area contributed by atoms with Crippen LogP contribution in [0.25, 0.3) is 0 Å². The van der Waals surface area contributed by atoms with Crippen LogP contribution < -0.4 is 4.90 Å². The van der Waals surface area contributed by atoms with Crippen molar-refractivity contribution in [2.24, 2.45) is 0 Å². The molecule has 0 aliphatic carbocycles. The number of hydrogen-bond donors (Lipinski definition) is 0. The van der Waals surface area contributed by atoms with Crippen LogP contribution in [0.2, 0.25) is 0 Å². The number of halogens is 2. The van der Waals surface area contributed by atoms with Crippen molar-refractivity contribution in [1.82, 2.24) is 4.90 Å². The van der Waals surface area contributed by atoms with Crippen LogP contribution in [0.4, 0.5) is 14.5 Å². The monoisotopic (exact) mass is 310 g/mol. The van der Waals surface area contributed by atoms with E-state index in [1.807, 2.05) is 26.0 Å². The number of rotatable bonds is 4. The first-order valence-electron chi connectivity index (χ1n) is 8.05. The van der Waals surface area contributed by atoms with Crippen molar-refractivity contribution in [1.29, 1.82) is 0 Å². The third-order valence-electron chi connectivity index (χ3n) is 4.75. The van der Waals surface area contributed by atoms with E-state index < -0.39 is 6.43 Å². The molecule has 2 heterocycles. The van der Waals surface area contributed by atoms with Gasteiger partial charge in [0.15, 0.2) is 0 Å². The minimum absolute atomic E-state index is 0.173. The minimum Gasteiger partial charge on any atom is -0.378 e. The SMILES string of the molecule is CC(C)c1ccc(N2CCN(C3COC3)CC2)c(C(F)F)c1. The fourth-order valence-electron chi connectivity index (χ4n) is 3.16. The van der Waals surface area contributed by atoms with E-state index in [4.69, 9.17) is 4.74 Å². The lowest BCUT2D eigenvalue weighted by atomic mass is 9.99. The van der Waals surface area contributed by atoms with E-state index in [2.05, 4.69) is 9.80 Å². The largest absolute Gasteiger partial charge is 0.378 e.